The summed E-state index contributed by atoms with van der Waals surface area (Å²) < 4.78 is 37.7. The van der Waals surface area contributed by atoms with Crippen molar-refractivity contribution in [2.75, 3.05) is 19.7 Å². The molecule has 0 radical (unpaired) electrons. The molecular formula is C7H14F3NO. The highest BCUT2D eigenvalue weighted by Gasteiger charge is 2.28. The normalized spacial score (nSPS) is 12.0. The topological polar surface area (TPSA) is 21.3 Å². The van der Waals surface area contributed by atoms with Crippen molar-refractivity contribution in [3.05, 3.63) is 0 Å². The van der Waals surface area contributed by atoms with Gasteiger partial charge in [0.05, 0.1) is 6.61 Å². The molecule has 0 aromatic heterocycles. The summed E-state index contributed by atoms with van der Waals surface area (Å²) in [6, 6.07) is 0. The van der Waals surface area contributed by atoms with Crippen LogP contribution in [-0.2, 0) is 4.74 Å². The van der Waals surface area contributed by atoms with Gasteiger partial charge in [-0.3, -0.25) is 4.74 Å². The molecule has 0 rings (SSSR count). The Balaban J connectivity index is 3.01. The number of hydrogen-bond donors (Lipinski definition) is 1. The summed E-state index contributed by atoms with van der Waals surface area (Å²) in [7, 11) is 0. The minimum absolute atomic E-state index is 0.250. The van der Waals surface area contributed by atoms with Crippen molar-refractivity contribution in [3.63, 3.8) is 0 Å². The second kappa shape index (κ2) is 6.25. The first kappa shape index (κ1) is 11.7. The summed E-state index contributed by atoms with van der Waals surface area (Å²) in [5.41, 5.74) is 0. The largest absolute Gasteiger partial charge is 0.522 e. The molecule has 2 nitrogen and oxygen atoms in total. The number of ether oxygens (including phenoxy) is 1. The molecule has 0 amide bonds. The van der Waals surface area contributed by atoms with Gasteiger partial charge < -0.3 is 5.32 Å². The SMILES string of the molecule is CCCCNCCOC(F)(F)F. The Hall–Kier alpha value is -0.290. The van der Waals surface area contributed by atoms with Gasteiger partial charge in [-0.2, -0.15) is 0 Å². The quantitative estimate of drug-likeness (QED) is 0.638. The van der Waals surface area contributed by atoms with Crippen molar-refractivity contribution in [2.24, 2.45) is 0 Å². The maximum Gasteiger partial charge on any atom is 0.522 e. The Labute approximate surface area is 70.1 Å². The van der Waals surface area contributed by atoms with Crippen LogP contribution >= 0.6 is 0 Å². The van der Waals surface area contributed by atoms with E-state index < -0.39 is 6.36 Å². The smallest absolute Gasteiger partial charge is 0.314 e. The van der Waals surface area contributed by atoms with E-state index in [9.17, 15) is 13.2 Å². The van der Waals surface area contributed by atoms with Crippen molar-refractivity contribution in [2.45, 2.75) is 26.1 Å². The van der Waals surface area contributed by atoms with Gasteiger partial charge >= 0.3 is 6.36 Å². The molecule has 74 valence electrons. The second-order valence-corrected chi connectivity index (χ2v) is 2.40. The van der Waals surface area contributed by atoms with Gasteiger partial charge in [0.1, 0.15) is 0 Å². The number of alkyl halides is 3. The molecular weight excluding hydrogens is 171 g/mol. The summed E-state index contributed by atoms with van der Waals surface area (Å²) in [5, 5.41) is 2.83. The molecule has 1 N–H and O–H groups in total. The number of hydrogen-bond acceptors (Lipinski definition) is 2. The highest BCUT2D eigenvalue weighted by molar-refractivity contribution is 4.45. The van der Waals surface area contributed by atoms with Crippen molar-refractivity contribution < 1.29 is 17.9 Å². The van der Waals surface area contributed by atoms with Crippen LogP contribution < -0.4 is 5.32 Å². The van der Waals surface area contributed by atoms with Crippen molar-refractivity contribution >= 4 is 0 Å². The van der Waals surface area contributed by atoms with Crippen LogP contribution in [0.25, 0.3) is 0 Å². The number of nitrogens with one attached hydrogen (secondary N) is 1. The fourth-order valence-electron chi connectivity index (χ4n) is 0.666. The van der Waals surface area contributed by atoms with E-state index in [2.05, 4.69) is 10.1 Å². The summed E-state index contributed by atoms with van der Waals surface area (Å²) in [6.45, 7) is 2.71. The molecule has 0 aliphatic heterocycles. The van der Waals surface area contributed by atoms with Crippen LogP contribution in [-0.4, -0.2) is 26.1 Å². The molecule has 0 saturated heterocycles. The van der Waals surface area contributed by atoms with Gasteiger partial charge in [0, 0.05) is 6.54 Å². The molecule has 0 heterocycles. The summed E-state index contributed by atoms with van der Waals surface area (Å²) in [4.78, 5) is 0. The Morgan fingerprint density at radius 1 is 1.25 bits per heavy atom. The second-order valence-electron chi connectivity index (χ2n) is 2.40. The Kier molecular flexibility index (Phi) is 6.10. The lowest BCUT2D eigenvalue weighted by molar-refractivity contribution is -0.323. The highest BCUT2D eigenvalue weighted by Crippen LogP contribution is 2.14. The molecule has 12 heavy (non-hydrogen) atoms. The standard InChI is InChI=1S/C7H14F3NO/c1-2-3-4-11-5-6-12-7(8,9)10/h11H,2-6H2,1H3. The van der Waals surface area contributed by atoms with Gasteiger partial charge in [-0.15, -0.1) is 13.2 Å². The van der Waals surface area contributed by atoms with E-state index in [0.717, 1.165) is 19.4 Å². The van der Waals surface area contributed by atoms with Crippen molar-refractivity contribution in [3.8, 4) is 0 Å². The predicted octanol–water partition coefficient (Wildman–Crippen LogP) is 1.91. The molecule has 5 heteroatoms. The zero-order valence-electron chi connectivity index (χ0n) is 7.08. The van der Waals surface area contributed by atoms with Crippen LogP contribution in [0.5, 0.6) is 0 Å². The van der Waals surface area contributed by atoms with Gasteiger partial charge in [0.2, 0.25) is 0 Å². The molecule has 0 saturated carbocycles. The molecule has 0 bridgehead atoms. The molecule has 0 aromatic carbocycles. The summed E-state index contributed by atoms with van der Waals surface area (Å²) >= 11 is 0. The van der Waals surface area contributed by atoms with Crippen molar-refractivity contribution in [1.82, 2.24) is 5.32 Å². The highest BCUT2D eigenvalue weighted by atomic mass is 19.4. The van der Waals surface area contributed by atoms with Gasteiger partial charge in [-0.1, -0.05) is 13.3 Å². The Morgan fingerprint density at radius 2 is 1.92 bits per heavy atom. The molecule has 0 spiro atoms. The third-order valence-electron chi connectivity index (χ3n) is 1.25. The van der Waals surface area contributed by atoms with E-state index in [1.807, 2.05) is 6.92 Å². The summed E-state index contributed by atoms with van der Waals surface area (Å²) in [5.74, 6) is 0. The van der Waals surface area contributed by atoms with Crippen LogP contribution in [0.15, 0.2) is 0 Å². The zero-order valence-corrected chi connectivity index (χ0v) is 7.08. The fraction of sp³-hybridized carbons (Fsp3) is 1.00. The van der Waals surface area contributed by atoms with E-state index in [0.29, 0.717) is 0 Å². The minimum atomic E-state index is -4.49. The van der Waals surface area contributed by atoms with Gasteiger partial charge in [-0.25, -0.2) is 0 Å². The van der Waals surface area contributed by atoms with E-state index in [1.165, 1.54) is 0 Å². The Bertz CT molecular complexity index is 105. The van der Waals surface area contributed by atoms with E-state index >= 15 is 0 Å². The number of rotatable bonds is 6. The van der Waals surface area contributed by atoms with Gasteiger partial charge in [0.15, 0.2) is 0 Å². The zero-order chi connectivity index (χ0) is 9.45. The molecule has 0 atom stereocenters. The third-order valence-corrected chi connectivity index (χ3v) is 1.25. The summed E-state index contributed by atoms with van der Waals surface area (Å²) in [6.07, 6.45) is -2.48. The van der Waals surface area contributed by atoms with E-state index in [-0.39, 0.29) is 13.2 Å². The monoisotopic (exact) mass is 185 g/mol. The molecule has 0 aromatic rings. The van der Waals surface area contributed by atoms with Crippen LogP contribution in [0.2, 0.25) is 0 Å². The lowest BCUT2D eigenvalue weighted by Gasteiger charge is -2.07. The third kappa shape index (κ3) is 9.71. The number of halogens is 3. The predicted molar refractivity (Wildman–Crippen MR) is 39.8 cm³/mol. The van der Waals surface area contributed by atoms with Crippen LogP contribution in [0.4, 0.5) is 13.2 Å². The fourth-order valence-corrected chi connectivity index (χ4v) is 0.666. The van der Waals surface area contributed by atoms with Crippen LogP contribution in [0.3, 0.4) is 0 Å². The first-order valence-electron chi connectivity index (χ1n) is 3.97. The molecule has 0 fully saturated rings. The van der Waals surface area contributed by atoms with Crippen LogP contribution in [0, 0.1) is 0 Å². The average Bonchev–Trinajstić information content (AvgIpc) is 1.94. The van der Waals surface area contributed by atoms with Gasteiger partial charge in [-0.05, 0) is 13.0 Å². The number of unbranched alkanes of at least 4 members (excludes halogenated alkanes) is 1. The average molecular weight is 185 g/mol. The van der Waals surface area contributed by atoms with Crippen molar-refractivity contribution in [1.29, 1.82) is 0 Å². The van der Waals surface area contributed by atoms with E-state index in [4.69, 9.17) is 0 Å². The molecule has 0 aliphatic carbocycles. The maximum atomic E-state index is 11.4. The Morgan fingerprint density at radius 3 is 2.42 bits per heavy atom. The maximum absolute atomic E-state index is 11.4. The first-order chi connectivity index (χ1) is 5.56. The molecule has 0 aliphatic rings. The lowest BCUT2D eigenvalue weighted by atomic mass is 10.3. The molecule has 0 unspecified atom stereocenters. The first-order valence-corrected chi connectivity index (χ1v) is 3.97. The minimum Gasteiger partial charge on any atom is -0.314 e. The lowest BCUT2D eigenvalue weighted by Crippen LogP contribution is -2.24. The van der Waals surface area contributed by atoms with Crippen LogP contribution in [0.1, 0.15) is 19.8 Å². The van der Waals surface area contributed by atoms with Gasteiger partial charge in [0.25, 0.3) is 0 Å². The van der Waals surface area contributed by atoms with E-state index in [1.54, 1.807) is 0 Å².